The van der Waals surface area contributed by atoms with Crippen molar-refractivity contribution in [1.82, 2.24) is 4.98 Å². The van der Waals surface area contributed by atoms with Crippen molar-refractivity contribution in [1.29, 1.82) is 0 Å². The number of benzene rings is 1. The zero-order chi connectivity index (χ0) is 10.7. The van der Waals surface area contributed by atoms with Crippen molar-refractivity contribution < 1.29 is 0 Å². The number of nitrogen functional groups attached to an aromatic ring is 1. The lowest BCUT2D eigenvalue weighted by Gasteiger charge is -2.05. The van der Waals surface area contributed by atoms with E-state index in [9.17, 15) is 0 Å². The highest BCUT2D eigenvalue weighted by molar-refractivity contribution is 14.1. The summed E-state index contributed by atoms with van der Waals surface area (Å²) in [6, 6.07) is 10.0. The first-order valence-corrected chi connectivity index (χ1v) is 6.28. The lowest BCUT2D eigenvalue weighted by Crippen LogP contribution is -1.88. The quantitative estimate of drug-likeness (QED) is 0.678. The molecule has 0 saturated carbocycles. The summed E-state index contributed by atoms with van der Waals surface area (Å²) < 4.78 is 1.16. The van der Waals surface area contributed by atoms with Crippen molar-refractivity contribution in [2.24, 2.45) is 0 Å². The second kappa shape index (κ2) is 4.85. The number of aromatic nitrogens is 1. The molecule has 0 aliphatic rings. The SMILES string of the molecule is Nc1cc(I)ccc1Sc1ccncc1. The molecule has 1 aromatic heterocycles. The largest absolute Gasteiger partial charge is 0.398 e. The molecule has 1 heterocycles. The summed E-state index contributed by atoms with van der Waals surface area (Å²) in [6.07, 6.45) is 3.57. The van der Waals surface area contributed by atoms with E-state index in [-0.39, 0.29) is 0 Å². The third-order valence-electron chi connectivity index (χ3n) is 1.85. The monoisotopic (exact) mass is 328 g/mol. The molecule has 0 aliphatic heterocycles. The van der Waals surface area contributed by atoms with Crippen LogP contribution in [0.15, 0.2) is 52.5 Å². The van der Waals surface area contributed by atoms with Crippen molar-refractivity contribution >= 4 is 40.0 Å². The third kappa shape index (κ3) is 2.85. The molecule has 2 nitrogen and oxygen atoms in total. The van der Waals surface area contributed by atoms with Crippen molar-refractivity contribution in [3.63, 3.8) is 0 Å². The Morgan fingerprint density at radius 1 is 1.13 bits per heavy atom. The fraction of sp³-hybridized carbons (Fsp3) is 0. The van der Waals surface area contributed by atoms with Crippen molar-refractivity contribution in [2.75, 3.05) is 5.73 Å². The molecular weight excluding hydrogens is 319 g/mol. The Morgan fingerprint density at radius 2 is 1.87 bits per heavy atom. The van der Waals surface area contributed by atoms with Gasteiger partial charge in [-0.25, -0.2) is 0 Å². The van der Waals surface area contributed by atoms with Gasteiger partial charge in [-0.1, -0.05) is 11.8 Å². The van der Waals surface area contributed by atoms with E-state index < -0.39 is 0 Å². The first-order chi connectivity index (χ1) is 7.25. The highest BCUT2D eigenvalue weighted by Crippen LogP contribution is 2.32. The Morgan fingerprint density at radius 3 is 2.53 bits per heavy atom. The second-order valence-electron chi connectivity index (χ2n) is 2.97. The van der Waals surface area contributed by atoms with Gasteiger partial charge in [0.2, 0.25) is 0 Å². The van der Waals surface area contributed by atoms with E-state index in [1.807, 2.05) is 24.3 Å². The van der Waals surface area contributed by atoms with Crippen LogP contribution in [0, 0.1) is 3.57 Å². The van der Waals surface area contributed by atoms with Crippen LogP contribution in [0.2, 0.25) is 0 Å². The van der Waals surface area contributed by atoms with Crippen LogP contribution >= 0.6 is 34.4 Å². The molecule has 0 saturated heterocycles. The van der Waals surface area contributed by atoms with Gasteiger partial charge in [0.05, 0.1) is 0 Å². The average Bonchev–Trinajstić information content (AvgIpc) is 2.24. The summed E-state index contributed by atoms with van der Waals surface area (Å²) in [5.41, 5.74) is 6.75. The fourth-order valence-electron chi connectivity index (χ4n) is 1.15. The van der Waals surface area contributed by atoms with E-state index in [0.717, 1.165) is 19.0 Å². The standard InChI is InChI=1S/C11H9IN2S/c12-8-1-2-11(10(13)7-8)15-9-3-5-14-6-4-9/h1-7H,13H2. The summed E-state index contributed by atoms with van der Waals surface area (Å²) in [5.74, 6) is 0. The Labute approximate surface area is 106 Å². The Kier molecular flexibility index (Phi) is 3.48. The topological polar surface area (TPSA) is 38.9 Å². The Bertz CT molecular complexity index is 459. The summed E-state index contributed by atoms with van der Waals surface area (Å²) in [4.78, 5) is 6.21. The normalized spacial score (nSPS) is 10.2. The number of halogens is 1. The molecule has 0 spiro atoms. The minimum Gasteiger partial charge on any atom is -0.398 e. The number of nitrogens with two attached hydrogens (primary N) is 1. The molecule has 0 bridgehead atoms. The van der Waals surface area contributed by atoms with Gasteiger partial charge in [-0.2, -0.15) is 0 Å². The van der Waals surface area contributed by atoms with Gasteiger partial charge in [-0.15, -0.1) is 0 Å². The molecule has 4 heteroatoms. The summed E-state index contributed by atoms with van der Waals surface area (Å²) in [7, 11) is 0. The number of anilines is 1. The molecule has 1 aromatic carbocycles. The van der Waals surface area contributed by atoms with E-state index in [2.05, 4.69) is 33.6 Å². The van der Waals surface area contributed by atoms with Gasteiger partial charge < -0.3 is 5.73 Å². The number of hydrogen-bond acceptors (Lipinski definition) is 3. The number of pyridine rings is 1. The minimum atomic E-state index is 0.823. The predicted octanol–water partition coefficient (Wildman–Crippen LogP) is 3.42. The van der Waals surface area contributed by atoms with Crippen LogP contribution in [0.5, 0.6) is 0 Å². The van der Waals surface area contributed by atoms with Crippen LogP contribution in [-0.4, -0.2) is 4.98 Å². The molecule has 76 valence electrons. The van der Waals surface area contributed by atoms with Crippen LogP contribution in [0.4, 0.5) is 5.69 Å². The molecular formula is C11H9IN2S. The first kappa shape index (κ1) is 10.8. The molecule has 2 rings (SSSR count). The van der Waals surface area contributed by atoms with E-state index in [4.69, 9.17) is 5.73 Å². The fourth-order valence-corrected chi connectivity index (χ4v) is 2.49. The smallest absolute Gasteiger partial charge is 0.0466 e. The highest BCUT2D eigenvalue weighted by Gasteiger charge is 2.01. The maximum Gasteiger partial charge on any atom is 0.0466 e. The molecule has 2 N–H and O–H groups in total. The molecule has 2 aromatic rings. The zero-order valence-corrected chi connectivity index (χ0v) is 10.8. The van der Waals surface area contributed by atoms with Gasteiger partial charge in [-0.05, 0) is 52.9 Å². The molecule has 0 fully saturated rings. The predicted molar refractivity (Wildman–Crippen MR) is 71.9 cm³/mol. The van der Waals surface area contributed by atoms with Crippen molar-refractivity contribution in [3.05, 3.63) is 46.3 Å². The van der Waals surface area contributed by atoms with E-state index in [1.165, 1.54) is 0 Å². The Balaban J connectivity index is 2.25. The number of nitrogens with zero attached hydrogens (tertiary/aromatic N) is 1. The van der Waals surface area contributed by atoms with Gasteiger partial charge >= 0.3 is 0 Å². The lowest BCUT2D eigenvalue weighted by atomic mass is 10.3. The van der Waals surface area contributed by atoms with Gasteiger partial charge in [0.1, 0.15) is 0 Å². The number of hydrogen-bond donors (Lipinski definition) is 1. The van der Waals surface area contributed by atoms with Crippen molar-refractivity contribution in [2.45, 2.75) is 9.79 Å². The van der Waals surface area contributed by atoms with Gasteiger partial charge in [-0.3, -0.25) is 4.98 Å². The van der Waals surface area contributed by atoms with Crippen LogP contribution in [0.3, 0.4) is 0 Å². The Hall–Kier alpha value is -0.750. The van der Waals surface area contributed by atoms with Crippen molar-refractivity contribution in [3.8, 4) is 0 Å². The van der Waals surface area contributed by atoms with E-state index >= 15 is 0 Å². The van der Waals surface area contributed by atoms with Gasteiger partial charge in [0.15, 0.2) is 0 Å². The van der Waals surface area contributed by atoms with Crippen LogP contribution in [-0.2, 0) is 0 Å². The zero-order valence-electron chi connectivity index (χ0n) is 7.85. The lowest BCUT2D eigenvalue weighted by molar-refractivity contribution is 1.26. The maximum absolute atomic E-state index is 5.93. The molecule has 0 radical (unpaired) electrons. The first-order valence-electron chi connectivity index (χ1n) is 4.38. The molecule has 0 atom stereocenters. The van der Waals surface area contributed by atoms with Gasteiger partial charge in [0, 0.05) is 31.4 Å². The van der Waals surface area contributed by atoms with Crippen LogP contribution < -0.4 is 5.73 Å². The van der Waals surface area contributed by atoms with Crippen LogP contribution in [0.25, 0.3) is 0 Å². The molecule has 0 amide bonds. The summed E-state index contributed by atoms with van der Waals surface area (Å²) in [6.45, 7) is 0. The third-order valence-corrected chi connectivity index (χ3v) is 3.62. The van der Waals surface area contributed by atoms with E-state index in [1.54, 1.807) is 24.2 Å². The maximum atomic E-state index is 5.93. The summed E-state index contributed by atoms with van der Waals surface area (Å²) >= 11 is 3.91. The molecule has 15 heavy (non-hydrogen) atoms. The van der Waals surface area contributed by atoms with E-state index in [0.29, 0.717) is 0 Å². The second-order valence-corrected chi connectivity index (χ2v) is 5.33. The van der Waals surface area contributed by atoms with Gasteiger partial charge in [0.25, 0.3) is 0 Å². The highest BCUT2D eigenvalue weighted by atomic mass is 127. The summed E-state index contributed by atoms with van der Waals surface area (Å²) in [5, 5.41) is 0. The number of rotatable bonds is 2. The average molecular weight is 328 g/mol. The van der Waals surface area contributed by atoms with Crippen LogP contribution in [0.1, 0.15) is 0 Å². The molecule has 0 aliphatic carbocycles. The molecule has 0 unspecified atom stereocenters. The minimum absolute atomic E-state index is 0.823.